The van der Waals surface area contributed by atoms with Gasteiger partial charge in [-0.25, -0.2) is 9.78 Å². The van der Waals surface area contributed by atoms with Gasteiger partial charge in [-0.3, -0.25) is 19.1 Å². The monoisotopic (exact) mass is 320 g/mol. The van der Waals surface area contributed by atoms with Crippen molar-refractivity contribution in [3.8, 4) is 0 Å². The van der Waals surface area contributed by atoms with E-state index in [1.54, 1.807) is 4.57 Å². The molecule has 0 radical (unpaired) electrons. The molecule has 2 rings (SSSR count). The van der Waals surface area contributed by atoms with Crippen LogP contribution in [-0.2, 0) is 24.3 Å². The Balaban J connectivity index is 2.70. The number of H-pyrrole nitrogens is 1. The number of aryl methyl sites for hydroxylation is 2. The Kier molecular flexibility index (Phi) is 5.52. The minimum absolute atomic E-state index is 0.0484. The fourth-order valence-electron chi connectivity index (χ4n) is 2.66. The topological polar surface area (TPSA) is 89.8 Å². The molecule has 23 heavy (non-hydrogen) atoms. The van der Waals surface area contributed by atoms with Crippen molar-refractivity contribution in [3.63, 3.8) is 0 Å². The van der Waals surface area contributed by atoms with Crippen molar-refractivity contribution in [3.05, 3.63) is 26.7 Å². The summed E-state index contributed by atoms with van der Waals surface area (Å²) in [6.07, 6.45) is 4.34. The molecule has 0 saturated heterocycles. The zero-order chi connectivity index (χ0) is 17.0. The zero-order valence-electron chi connectivity index (χ0n) is 14.0. The van der Waals surface area contributed by atoms with Crippen molar-refractivity contribution in [2.45, 2.75) is 66.0 Å². The van der Waals surface area contributed by atoms with Gasteiger partial charge in [-0.15, -0.1) is 0 Å². The van der Waals surface area contributed by atoms with Crippen LogP contribution in [0.1, 0.15) is 52.3 Å². The van der Waals surface area contributed by atoms with Crippen molar-refractivity contribution < 1.29 is 4.79 Å². The number of hydrogen-bond acceptors (Lipinski definition) is 4. The third kappa shape index (κ3) is 3.60. The minimum Gasteiger partial charge on any atom is -0.315 e. The fourth-order valence-corrected chi connectivity index (χ4v) is 2.66. The summed E-state index contributed by atoms with van der Waals surface area (Å²) in [5.74, 6) is 0.645. The molecule has 0 atom stereocenters. The highest BCUT2D eigenvalue weighted by Gasteiger charge is 2.18. The number of carbonyl (C=O) groups excluding carboxylic acids is 1. The number of carbonyl (C=O) groups is 1. The summed E-state index contributed by atoms with van der Waals surface area (Å²) in [4.78, 5) is 42.9. The molecule has 0 aliphatic heterocycles. The molecule has 0 unspecified atom stereocenters. The number of fused-ring (bicyclic) bond motifs is 1. The SMILES string of the molecule is CCCCc1nc2c(c(=O)[nH]c(=O)n2CCCC)n1CC(C)=O. The van der Waals surface area contributed by atoms with E-state index in [4.69, 9.17) is 0 Å². The molecule has 0 aliphatic carbocycles. The van der Waals surface area contributed by atoms with E-state index in [0.29, 0.717) is 30.0 Å². The maximum absolute atomic E-state index is 12.3. The predicted octanol–water partition coefficient (Wildman–Crippen LogP) is 1.62. The lowest BCUT2D eigenvalue weighted by molar-refractivity contribution is -0.117. The lowest BCUT2D eigenvalue weighted by Crippen LogP contribution is -2.31. The van der Waals surface area contributed by atoms with Gasteiger partial charge in [0, 0.05) is 13.0 Å². The molecule has 0 spiro atoms. The van der Waals surface area contributed by atoms with Crippen LogP contribution in [0.2, 0.25) is 0 Å². The van der Waals surface area contributed by atoms with Crippen LogP contribution in [-0.4, -0.2) is 24.9 Å². The molecular weight excluding hydrogens is 296 g/mol. The van der Waals surface area contributed by atoms with E-state index < -0.39 is 11.2 Å². The summed E-state index contributed by atoms with van der Waals surface area (Å²) >= 11 is 0. The zero-order valence-corrected chi connectivity index (χ0v) is 14.0. The Morgan fingerprint density at radius 3 is 2.43 bits per heavy atom. The van der Waals surface area contributed by atoms with E-state index in [2.05, 4.69) is 16.9 Å². The molecule has 7 heteroatoms. The Bertz CT molecular complexity index is 813. The Hall–Kier alpha value is -2.18. The number of imidazole rings is 1. The van der Waals surface area contributed by atoms with Crippen molar-refractivity contribution in [1.82, 2.24) is 19.1 Å². The van der Waals surface area contributed by atoms with Gasteiger partial charge in [0.15, 0.2) is 11.2 Å². The van der Waals surface area contributed by atoms with Crippen molar-refractivity contribution in [2.24, 2.45) is 0 Å². The fraction of sp³-hybridized carbons (Fsp3) is 0.625. The molecule has 2 aromatic heterocycles. The van der Waals surface area contributed by atoms with E-state index in [1.165, 1.54) is 11.5 Å². The first kappa shape index (κ1) is 17.2. The molecular formula is C16H24N4O3. The Morgan fingerprint density at radius 2 is 1.83 bits per heavy atom. The molecule has 2 aromatic rings. The number of rotatable bonds is 8. The van der Waals surface area contributed by atoms with Crippen LogP contribution in [0.3, 0.4) is 0 Å². The predicted molar refractivity (Wildman–Crippen MR) is 88.8 cm³/mol. The number of unbranched alkanes of at least 4 members (excludes halogenated alkanes) is 2. The second-order valence-electron chi connectivity index (χ2n) is 5.86. The van der Waals surface area contributed by atoms with E-state index in [9.17, 15) is 14.4 Å². The van der Waals surface area contributed by atoms with E-state index in [-0.39, 0.29) is 12.3 Å². The largest absolute Gasteiger partial charge is 0.330 e. The van der Waals surface area contributed by atoms with E-state index in [1.807, 2.05) is 6.92 Å². The third-order valence-corrected chi connectivity index (χ3v) is 3.83. The number of nitrogens with zero attached hydrogens (tertiary/aromatic N) is 3. The standard InChI is InChI=1S/C16H24N4O3/c1-4-6-8-12-17-14-13(20(12)10-11(3)21)15(22)18-16(23)19(14)9-7-5-2/h4-10H2,1-3H3,(H,18,22,23). The molecule has 0 aliphatic rings. The lowest BCUT2D eigenvalue weighted by Gasteiger charge is -2.07. The van der Waals surface area contributed by atoms with Gasteiger partial charge in [0.05, 0.1) is 6.54 Å². The van der Waals surface area contributed by atoms with Crippen LogP contribution in [0.4, 0.5) is 0 Å². The maximum Gasteiger partial charge on any atom is 0.330 e. The van der Waals surface area contributed by atoms with Gasteiger partial charge in [0.1, 0.15) is 11.6 Å². The van der Waals surface area contributed by atoms with Crippen LogP contribution in [0.5, 0.6) is 0 Å². The van der Waals surface area contributed by atoms with E-state index >= 15 is 0 Å². The summed E-state index contributed by atoms with van der Waals surface area (Å²) in [6.45, 7) is 6.20. The molecule has 0 aromatic carbocycles. The lowest BCUT2D eigenvalue weighted by atomic mass is 10.2. The van der Waals surface area contributed by atoms with Crippen LogP contribution in [0.15, 0.2) is 9.59 Å². The number of hydrogen-bond donors (Lipinski definition) is 1. The highest BCUT2D eigenvalue weighted by Crippen LogP contribution is 2.14. The first-order valence-corrected chi connectivity index (χ1v) is 8.21. The van der Waals surface area contributed by atoms with Crippen LogP contribution in [0, 0.1) is 0 Å². The first-order valence-electron chi connectivity index (χ1n) is 8.21. The quantitative estimate of drug-likeness (QED) is 0.800. The van der Waals surface area contributed by atoms with Crippen LogP contribution < -0.4 is 11.2 Å². The Labute approximate surface area is 134 Å². The summed E-state index contributed by atoms with van der Waals surface area (Å²) in [6, 6.07) is 0. The molecule has 0 amide bonds. The highest BCUT2D eigenvalue weighted by atomic mass is 16.2. The van der Waals surface area contributed by atoms with Crippen molar-refractivity contribution in [1.29, 1.82) is 0 Å². The van der Waals surface area contributed by atoms with Crippen LogP contribution >= 0.6 is 0 Å². The molecule has 1 N–H and O–H groups in total. The molecule has 126 valence electrons. The summed E-state index contributed by atoms with van der Waals surface area (Å²) < 4.78 is 3.17. The van der Waals surface area contributed by atoms with Crippen molar-refractivity contribution in [2.75, 3.05) is 0 Å². The summed E-state index contributed by atoms with van der Waals surface area (Å²) in [5.41, 5.74) is -0.207. The first-order chi connectivity index (χ1) is 11.0. The third-order valence-electron chi connectivity index (χ3n) is 3.83. The van der Waals surface area contributed by atoms with Gasteiger partial charge >= 0.3 is 5.69 Å². The van der Waals surface area contributed by atoms with Gasteiger partial charge < -0.3 is 4.57 Å². The smallest absolute Gasteiger partial charge is 0.315 e. The average molecular weight is 320 g/mol. The second-order valence-corrected chi connectivity index (χ2v) is 5.86. The molecule has 2 heterocycles. The molecule has 7 nitrogen and oxygen atoms in total. The number of Topliss-reactive ketones (excluding diaryl/α,β-unsaturated/α-hetero) is 1. The second kappa shape index (κ2) is 7.39. The van der Waals surface area contributed by atoms with Gasteiger partial charge in [0.2, 0.25) is 0 Å². The van der Waals surface area contributed by atoms with Gasteiger partial charge in [-0.05, 0) is 19.8 Å². The number of nitrogens with one attached hydrogen (secondary N) is 1. The van der Waals surface area contributed by atoms with Gasteiger partial charge in [-0.1, -0.05) is 26.7 Å². The van der Waals surface area contributed by atoms with Crippen LogP contribution in [0.25, 0.3) is 11.2 Å². The Morgan fingerprint density at radius 1 is 1.13 bits per heavy atom. The molecule has 0 fully saturated rings. The number of ketones is 1. The maximum atomic E-state index is 12.3. The molecule has 0 bridgehead atoms. The number of aromatic nitrogens is 4. The van der Waals surface area contributed by atoms with Crippen molar-refractivity contribution >= 4 is 16.9 Å². The average Bonchev–Trinajstić information content (AvgIpc) is 2.83. The van der Waals surface area contributed by atoms with Gasteiger partial charge in [-0.2, -0.15) is 0 Å². The minimum atomic E-state index is -0.478. The summed E-state index contributed by atoms with van der Waals surface area (Å²) in [7, 11) is 0. The van der Waals surface area contributed by atoms with Gasteiger partial charge in [0.25, 0.3) is 5.56 Å². The summed E-state index contributed by atoms with van der Waals surface area (Å²) in [5, 5.41) is 0. The van der Waals surface area contributed by atoms with E-state index in [0.717, 1.165) is 25.7 Å². The number of aromatic amines is 1. The molecule has 0 saturated carbocycles. The normalized spacial score (nSPS) is 11.3. The highest BCUT2D eigenvalue weighted by molar-refractivity contribution is 5.79.